The first-order valence-corrected chi connectivity index (χ1v) is 8.09. The molecule has 0 heterocycles. The molecule has 0 radical (unpaired) electrons. The van der Waals surface area contributed by atoms with Crippen LogP contribution in [0.5, 0.6) is 5.75 Å². The lowest BCUT2D eigenvalue weighted by Crippen LogP contribution is -2.30. The molecule has 0 saturated heterocycles. The van der Waals surface area contributed by atoms with Crippen molar-refractivity contribution in [2.24, 2.45) is 0 Å². The molecule has 5 nitrogen and oxygen atoms in total. The number of benzene rings is 2. The summed E-state index contributed by atoms with van der Waals surface area (Å²) in [4.78, 5) is 12.5. The molecular formula is C20H22N2O3. The van der Waals surface area contributed by atoms with Crippen LogP contribution in [0.25, 0.3) is 0 Å². The Bertz CT molecular complexity index is 748. The average molecular weight is 338 g/mol. The van der Waals surface area contributed by atoms with Gasteiger partial charge in [0.15, 0.2) is 6.10 Å². The van der Waals surface area contributed by atoms with E-state index in [1.54, 1.807) is 12.1 Å². The minimum Gasteiger partial charge on any atom is -0.491 e. The van der Waals surface area contributed by atoms with Crippen LogP contribution < -0.4 is 10.1 Å². The highest BCUT2D eigenvalue weighted by Crippen LogP contribution is 2.23. The third-order valence-electron chi connectivity index (χ3n) is 3.56. The van der Waals surface area contributed by atoms with Gasteiger partial charge in [0.2, 0.25) is 0 Å². The highest BCUT2D eigenvalue weighted by atomic mass is 16.5. The van der Waals surface area contributed by atoms with Crippen LogP contribution in [-0.4, -0.2) is 19.1 Å². The second kappa shape index (κ2) is 8.86. The Morgan fingerprint density at radius 2 is 1.92 bits per heavy atom. The van der Waals surface area contributed by atoms with Gasteiger partial charge in [0, 0.05) is 13.7 Å². The molecule has 0 aliphatic rings. The van der Waals surface area contributed by atoms with Crippen molar-refractivity contribution in [2.75, 3.05) is 7.11 Å². The lowest BCUT2D eigenvalue weighted by Gasteiger charge is -2.17. The maximum absolute atomic E-state index is 12.5. The molecule has 1 amide bonds. The Morgan fingerprint density at radius 1 is 1.20 bits per heavy atom. The van der Waals surface area contributed by atoms with Gasteiger partial charge in [-0.3, -0.25) is 4.79 Å². The van der Waals surface area contributed by atoms with Gasteiger partial charge in [-0.05, 0) is 49.2 Å². The van der Waals surface area contributed by atoms with Crippen LogP contribution in [0, 0.1) is 11.3 Å². The van der Waals surface area contributed by atoms with Crippen molar-refractivity contribution in [1.29, 1.82) is 5.26 Å². The van der Waals surface area contributed by atoms with E-state index in [4.69, 9.17) is 14.7 Å². The Labute approximate surface area is 148 Å². The van der Waals surface area contributed by atoms with E-state index in [0.29, 0.717) is 17.9 Å². The Morgan fingerprint density at radius 3 is 2.52 bits per heavy atom. The third-order valence-corrected chi connectivity index (χ3v) is 3.56. The van der Waals surface area contributed by atoms with Gasteiger partial charge in [-0.15, -0.1) is 0 Å². The maximum atomic E-state index is 12.5. The van der Waals surface area contributed by atoms with Crippen molar-refractivity contribution in [3.63, 3.8) is 0 Å². The van der Waals surface area contributed by atoms with Crippen LogP contribution in [0.4, 0.5) is 0 Å². The fourth-order valence-corrected chi connectivity index (χ4v) is 2.40. The van der Waals surface area contributed by atoms with E-state index in [9.17, 15) is 4.79 Å². The van der Waals surface area contributed by atoms with Gasteiger partial charge in [-0.1, -0.05) is 24.3 Å². The number of amides is 1. The molecule has 1 atom stereocenters. The Hall–Kier alpha value is -2.84. The topological polar surface area (TPSA) is 71.3 Å². The second-order valence-electron chi connectivity index (χ2n) is 5.88. The number of ether oxygens (including phenoxy) is 2. The van der Waals surface area contributed by atoms with Crippen LogP contribution >= 0.6 is 0 Å². The standard InChI is InChI=1S/C20H22N2O3/c1-14(2)25-18-6-4-5-17(11-18)19(24-3)20(23)22-13-16-9-7-15(12-21)8-10-16/h4-11,14,19H,13H2,1-3H3,(H,22,23). The zero-order valence-electron chi connectivity index (χ0n) is 14.7. The molecule has 5 heteroatoms. The van der Waals surface area contributed by atoms with Crippen molar-refractivity contribution >= 4 is 5.91 Å². The first-order chi connectivity index (χ1) is 12.0. The lowest BCUT2D eigenvalue weighted by molar-refractivity contribution is -0.131. The summed E-state index contributed by atoms with van der Waals surface area (Å²) in [5, 5.41) is 11.7. The van der Waals surface area contributed by atoms with E-state index in [1.807, 2.05) is 50.2 Å². The number of methoxy groups -OCH3 is 1. The van der Waals surface area contributed by atoms with E-state index in [2.05, 4.69) is 11.4 Å². The molecule has 2 aromatic rings. The molecule has 0 fully saturated rings. The van der Waals surface area contributed by atoms with E-state index in [0.717, 1.165) is 11.1 Å². The van der Waals surface area contributed by atoms with E-state index in [-0.39, 0.29) is 12.0 Å². The van der Waals surface area contributed by atoms with Crippen LogP contribution in [0.1, 0.15) is 36.6 Å². The third kappa shape index (κ3) is 5.33. The normalized spacial score (nSPS) is 11.6. The number of carbonyl (C=O) groups excluding carboxylic acids is 1. The number of carbonyl (C=O) groups is 1. The molecule has 0 aliphatic heterocycles. The summed E-state index contributed by atoms with van der Waals surface area (Å²) in [7, 11) is 1.50. The molecular weight excluding hydrogens is 316 g/mol. The summed E-state index contributed by atoms with van der Waals surface area (Å²) >= 11 is 0. The van der Waals surface area contributed by atoms with Gasteiger partial charge >= 0.3 is 0 Å². The van der Waals surface area contributed by atoms with E-state index in [1.165, 1.54) is 7.11 Å². The maximum Gasteiger partial charge on any atom is 0.254 e. The number of nitrogens with zero attached hydrogens (tertiary/aromatic N) is 1. The molecule has 2 rings (SSSR count). The van der Waals surface area contributed by atoms with E-state index >= 15 is 0 Å². The Kier molecular flexibility index (Phi) is 6.55. The summed E-state index contributed by atoms with van der Waals surface area (Å²) in [6, 6.07) is 16.5. The lowest BCUT2D eigenvalue weighted by atomic mass is 10.1. The molecule has 1 N–H and O–H groups in total. The van der Waals surface area contributed by atoms with Gasteiger partial charge in [-0.2, -0.15) is 5.26 Å². The molecule has 0 aliphatic carbocycles. The average Bonchev–Trinajstić information content (AvgIpc) is 2.61. The summed E-state index contributed by atoms with van der Waals surface area (Å²) < 4.78 is 11.0. The number of nitriles is 1. The summed E-state index contributed by atoms with van der Waals surface area (Å²) in [5.74, 6) is 0.475. The summed E-state index contributed by atoms with van der Waals surface area (Å²) in [6.07, 6.45) is -0.657. The molecule has 0 saturated carbocycles. The predicted octanol–water partition coefficient (Wildman–Crippen LogP) is 3.35. The second-order valence-corrected chi connectivity index (χ2v) is 5.88. The van der Waals surface area contributed by atoms with Gasteiger partial charge in [0.05, 0.1) is 17.7 Å². The number of hydrogen-bond acceptors (Lipinski definition) is 4. The molecule has 130 valence electrons. The zero-order valence-corrected chi connectivity index (χ0v) is 14.7. The minimum atomic E-state index is -0.714. The quantitative estimate of drug-likeness (QED) is 0.840. The molecule has 0 aromatic heterocycles. The first-order valence-electron chi connectivity index (χ1n) is 8.09. The monoisotopic (exact) mass is 338 g/mol. The summed E-state index contributed by atoms with van der Waals surface area (Å²) in [5.41, 5.74) is 2.24. The van der Waals surface area contributed by atoms with Crippen molar-refractivity contribution in [1.82, 2.24) is 5.32 Å². The minimum absolute atomic E-state index is 0.0569. The van der Waals surface area contributed by atoms with Crippen LogP contribution in [0.2, 0.25) is 0 Å². The molecule has 25 heavy (non-hydrogen) atoms. The largest absolute Gasteiger partial charge is 0.491 e. The van der Waals surface area contributed by atoms with Crippen molar-refractivity contribution in [3.05, 3.63) is 65.2 Å². The van der Waals surface area contributed by atoms with Gasteiger partial charge in [0.25, 0.3) is 5.91 Å². The molecule has 0 bridgehead atoms. The highest BCUT2D eigenvalue weighted by molar-refractivity contribution is 5.82. The summed E-state index contributed by atoms with van der Waals surface area (Å²) in [6.45, 7) is 4.27. The fourth-order valence-electron chi connectivity index (χ4n) is 2.40. The van der Waals surface area contributed by atoms with Crippen LogP contribution in [0.3, 0.4) is 0 Å². The number of nitrogens with one attached hydrogen (secondary N) is 1. The van der Waals surface area contributed by atoms with Crippen LogP contribution in [0.15, 0.2) is 48.5 Å². The SMILES string of the molecule is COC(C(=O)NCc1ccc(C#N)cc1)c1cccc(OC(C)C)c1. The zero-order chi connectivity index (χ0) is 18.2. The van der Waals surface area contributed by atoms with E-state index < -0.39 is 6.10 Å². The van der Waals surface area contributed by atoms with Crippen molar-refractivity contribution in [2.45, 2.75) is 32.6 Å². The van der Waals surface area contributed by atoms with Crippen LogP contribution in [-0.2, 0) is 16.1 Å². The highest BCUT2D eigenvalue weighted by Gasteiger charge is 2.20. The predicted molar refractivity (Wildman–Crippen MR) is 95.0 cm³/mol. The Balaban J connectivity index is 2.03. The fraction of sp³-hybridized carbons (Fsp3) is 0.300. The molecule has 0 spiro atoms. The number of hydrogen-bond donors (Lipinski definition) is 1. The van der Waals surface area contributed by atoms with Gasteiger partial charge < -0.3 is 14.8 Å². The number of rotatable bonds is 7. The molecule has 1 unspecified atom stereocenters. The van der Waals surface area contributed by atoms with Crippen molar-refractivity contribution < 1.29 is 14.3 Å². The van der Waals surface area contributed by atoms with Crippen molar-refractivity contribution in [3.8, 4) is 11.8 Å². The van der Waals surface area contributed by atoms with Gasteiger partial charge in [-0.25, -0.2) is 0 Å². The smallest absolute Gasteiger partial charge is 0.254 e. The first kappa shape index (κ1) is 18.5. The molecule has 2 aromatic carbocycles. The van der Waals surface area contributed by atoms with Gasteiger partial charge in [0.1, 0.15) is 5.75 Å².